The summed E-state index contributed by atoms with van der Waals surface area (Å²) in [6.07, 6.45) is 1.95. The zero-order valence-electron chi connectivity index (χ0n) is 23.3. The minimum absolute atomic E-state index is 0.0863. The van der Waals surface area contributed by atoms with E-state index in [1.165, 1.54) is 5.56 Å². The highest BCUT2D eigenvalue weighted by atomic mass is 32.1. The molecule has 0 amide bonds. The topological polar surface area (TPSA) is 29.6 Å². The Bertz CT molecular complexity index is 1930. The van der Waals surface area contributed by atoms with Crippen molar-refractivity contribution in [3.05, 3.63) is 138 Å². The average Bonchev–Trinajstić information content (AvgIpc) is 3.44. The number of hydrogen-bond donors (Lipinski definition) is 0. The van der Waals surface area contributed by atoms with Gasteiger partial charge in [-0.2, -0.15) is 0 Å². The van der Waals surface area contributed by atoms with E-state index in [1.54, 1.807) is 11.3 Å². The fourth-order valence-electron chi connectivity index (χ4n) is 4.89. The number of aliphatic imine (C=N–C) groups is 1. The molecule has 1 heterocycles. The second-order valence-corrected chi connectivity index (χ2v) is 12.1. The van der Waals surface area contributed by atoms with Crippen LogP contribution < -0.4 is 0 Å². The molecule has 0 fully saturated rings. The van der Waals surface area contributed by atoms with Gasteiger partial charge in [0.2, 0.25) is 0 Å². The predicted molar refractivity (Wildman–Crippen MR) is 175 cm³/mol. The van der Waals surface area contributed by atoms with Crippen molar-refractivity contribution in [3.63, 3.8) is 0 Å². The zero-order chi connectivity index (χ0) is 28.4. The largest absolute Gasteiger partial charge is 0.256 e. The van der Waals surface area contributed by atoms with E-state index in [0.29, 0.717) is 5.69 Å². The van der Waals surface area contributed by atoms with Crippen LogP contribution in [0.2, 0.25) is 0 Å². The second kappa shape index (κ2) is 11.0. The number of thiazole rings is 1. The Morgan fingerprint density at radius 1 is 0.732 bits per heavy atom. The van der Waals surface area contributed by atoms with E-state index in [0.717, 1.165) is 54.3 Å². The van der Waals surface area contributed by atoms with Crippen LogP contribution in [0.4, 0.5) is 11.4 Å². The van der Waals surface area contributed by atoms with Gasteiger partial charge in [-0.25, -0.2) is 9.83 Å². The number of nitrogens with zero attached hydrogens (tertiary/aromatic N) is 3. The monoisotopic (exact) mass is 547 g/mol. The van der Waals surface area contributed by atoms with E-state index in [-0.39, 0.29) is 5.41 Å². The molecule has 41 heavy (non-hydrogen) atoms. The summed E-state index contributed by atoms with van der Waals surface area (Å²) in [5.74, 6) is 0. The lowest BCUT2D eigenvalue weighted by molar-refractivity contribution is 0.590. The summed E-state index contributed by atoms with van der Waals surface area (Å²) in [7, 11) is 0. The Kier molecular flexibility index (Phi) is 7.05. The molecule has 0 saturated carbocycles. The molecule has 0 unspecified atom stereocenters. The molecule has 0 bridgehead atoms. The van der Waals surface area contributed by atoms with Crippen LogP contribution in [0, 0.1) is 6.57 Å². The van der Waals surface area contributed by atoms with Gasteiger partial charge in [0.15, 0.2) is 5.69 Å². The van der Waals surface area contributed by atoms with Crippen LogP contribution in [0.1, 0.15) is 31.9 Å². The lowest BCUT2D eigenvalue weighted by atomic mass is 9.86. The van der Waals surface area contributed by atoms with E-state index >= 15 is 0 Å². The van der Waals surface area contributed by atoms with Gasteiger partial charge in [-0.1, -0.05) is 106 Å². The molecule has 0 saturated heterocycles. The van der Waals surface area contributed by atoms with Crippen LogP contribution in [-0.2, 0) is 5.41 Å². The summed E-state index contributed by atoms with van der Waals surface area (Å²) in [6.45, 7) is 13.9. The van der Waals surface area contributed by atoms with Crippen molar-refractivity contribution in [2.75, 3.05) is 0 Å². The molecule has 6 aromatic rings. The van der Waals surface area contributed by atoms with Crippen molar-refractivity contribution in [3.8, 4) is 32.8 Å². The molecule has 0 atom stereocenters. The van der Waals surface area contributed by atoms with Crippen molar-refractivity contribution in [1.82, 2.24) is 4.98 Å². The number of rotatable bonds is 5. The summed E-state index contributed by atoms with van der Waals surface area (Å²) in [5, 5.41) is 0.953. The molecule has 4 heteroatoms. The van der Waals surface area contributed by atoms with Crippen LogP contribution in [0.15, 0.2) is 120 Å². The summed E-state index contributed by atoms with van der Waals surface area (Å²) in [4.78, 5) is 13.6. The molecule has 3 nitrogen and oxygen atoms in total. The van der Waals surface area contributed by atoms with Crippen LogP contribution in [-0.4, -0.2) is 11.2 Å². The molecule has 6 rings (SSSR count). The minimum atomic E-state index is 0.0863. The molecule has 0 spiro atoms. The van der Waals surface area contributed by atoms with Crippen LogP contribution in [0.5, 0.6) is 0 Å². The lowest BCUT2D eigenvalue weighted by Gasteiger charge is -2.19. The van der Waals surface area contributed by atoms with E-state index in [2.05, 4.69) is 104 Å². The van der Waals surface area contributed by atoms with Crippen molar-refractivity contribution in [2.24, 2.45) is 4.99 Å². The van der Waals surface area contributed by atoms with Gasteiger partial charge in [0.25, 0.3) is 0 Å². The van der Waals surface area contributed by atoms with Gasteiger partial charge in [0.05, 0.1) is 22.5 Å². The third kappa shape index (κ3) is 5.59. The highest BCUT2D eigenvalue weighted by molar-refractivity contribution is 7.21. The first-order chi connectivity index (χ1) is 19.9. The van der Waals surface area contributed by atoms with E-state index < -0.39 is 0 Å². The Morgan fingerprint density at radius 3 is 2.27 bits per heavy atom. The molecule has 198 valence electrons. The van der Waals surface area contributed by atoms with Gasteiger partial charge in [-0.15, -0.1) is 11.3 Å². The fourth-order valence-corrected chi connectivity index (χ4v) is 5.91. The highest BCUT2D eigenvalue weighted by Crippen LogP contribution is 2.39. The van der Waals surface area contributed by atoms with Gasteiger partial charge < -0.3 is 0 Å². The summed E-state index contributed by atoms with van der Waals surface area (Å²) < 4.78 is 1.14. The lowest BCUT2D eigenvalue weighted by Crippen LogP contribution is -2.11. The molecule has 0 aliphatic carbocycles. The third-order valence-electron chi connectivity index (χ3n) is 7.16. The Morgan fingerprint density at radius 2 is 1.46 bits per heavy atom. The zero-order valence-corrected chi connectivity index (χ0v) is 24.1. The van der Waals surface area contributed by atoms with Crippen molar-refractivity contribution < 1.29 is 0 Å². The summed E-state index contributed by atoms with van der Waals surface area (Å²) >= 11 is 1.69. The van der Waals surface area contributed by atoms with E-state index in [1.807, 2.05) is 42.6 Å². The molecule has 5 aromatic carbocycles. The third-order valence-corrected chi connectivity index (χ3v) is 8.22. The molecule has 0 aliphatic heterocycles. The van der Waals surface area contributed by atoms with Crippen molar-refractivity contribution in [2.45, 2.75) is 26.2 Å². The van der Waals surface area contributed by atoms with Gasteiger partial charge in [-0.3, -0.25) is 4.99 Å². The number of aromatic nitrogens is 1. The standard InChI is InChI=1S/C37H29N3S/c1-37(2,3)29-13-7-10-25(22-29)24-39-33-16-6-5-14-32(33)36-40-35-31(15-9-17-34(35)41-36)28-12-8-11-27(23-28)26-18-20-30(38-4)21-19-26/h5-24H,1-3H3. The van der Waals surface area contributed by atoms with Crippen LogP contribution >= 0.6 is 11.3 Å². The van der Waals surface area contributed by atoms with E-state index in [9.17, 15) is 0 Å². The molecule has 0 N–H and O–H groups in total. The van der Waals surface area contributed by atoms with Crippen LogP contribution in [0.3, 0.4) is 0 Å². The molecular weight excluding hydrogens is 518 g/mol. The first kappa shape index (κ1) is 26.4. The first-order valence-corrected chi connectivity index (χ1v) is 14.4. The van der Waals surface area contributed by atoms with Crippen molar-refractivity contribution in [1.29, 1.82) is 0 Å². The maximum absolute atomic E-state index is 7.22. The smallest absolute Gasteiger partial charge is 0.187 e. The van der Waals surface area contributed by atoms with Crippen LogP contribution in [0.25, 0.3) is 47.9 Å². The van der Waals surface area contributed by atoms with Gasteiger partial charge >= 0.3 is 0 Å². The molecule has 0 radical (unpaired) electrons. The Labute approximate surface area is 245 Å². The maximum atomic E-state index is 7.22. The first-order valence-electron chi connectivity index (χ1n) is 13.6. The van der Waals surface area contributed by atoms with Crippen molar-refractivity contribution >= 4 is 39.1 Å². The van der Waals surface area contributed by atoms with Gasteiger partial charge in [0, 0.05) is 17.3 Å². The molecule has 1 aromatic heterocycles. The number of benzene rings is 5. The molecular formula is C37H29N3S. The number of fused-ring (bicyclic) bond motifs is 1. The fraction of sp³-hybridized carbons (Fsp3) is 0.108. The maximum Gasteiger partial charge on any atom is 0.187 e. The number of para-hydroxylation sites is 2. The van der Waals surface area contributed by atoms with Gasteiger partial charge in [-0.05, 0) is 63.6 Å². The minimum Gasteiger partial charge on any atom is -0.256 e. The Hall–Kier alpha value is -4.85. The summed E-state index contributed by atoms with van der Waals surface area (Å²) in [6, 6.07) is 39.4. The molecule has 0 aliphatic rings. The second-order valence-electron chi connectivity index (χ2n) is 11.1. The average molecular weight is 548 g/mol. The summed E-state index contributed by atoms with van der Waals surface area (Å²) in [5.41, 5.74) is 10.4. The quantitative estimate of drug-likeness (QED) is 0.156. The van der Waals surface area contributed by atoms with Gasteiger partial charge in [0.1, 0.15) is 5.01 Å². The van der Waals surface area contributed by atoms with E-state index in [4.69, 9.17) is 16.5 Å². The Balaban J connectivity index is 1.36. The highest BCUT2D eigenvalue weighted by Gasteiger charge is 2.15. The number of hydrogen-bond acceptors (Lipinski definition) is 3. The SMILES string of the molecule is [C-]#[N+]c1ccc(-c2cccc(-c3cccc4sc(-c5ccccc5N=Cc5cccc(C(C)(C)C)c5)nc34)c2)cc1. The predicted octanol–water partition coefficient (Wildman–Crippen LogP) is 10.9. The normalized spacial score (nSPS) is 11.7.